The van der Waals surface area contributed by atoms with Crippen LogP contribution >= 0.6 is 11.8 Å². The molecule has 0 radical (unpaired) electrons. The number of benzene rings is 1. The SMILES string of the molecule is CC(C)CCSCC(=O)NCCN(C)c1ccccc1. The van der Waals surface area contributed by atoms with Crippen LogP contribution in [0, 0.1) is 5.92 Å². The minimum absolute atomic E-state index is 0.139. The molecule has 0 heterocycles. The molecule has 1 amide bonds. The van der Waals surface area contributed by atoms with Crippen molar-refractivity contribution in [2.45, 2.75) is 20.3 Å². The highest BCUT2D eigenvalue weighted by molar-refractivity contribution is 7.99. The maximum atomic E-state index is 11.7. The molecule has 0 aliphatic carbocycles. The van der Waals surface area contributed by atoms with Gasteiger partial charge in [0.05, 0.1) is 5.75 Å². The van der Waals surface area contributed by atoms with Crippen LogP contribution in [0.2, 0.25) is 0 Å². The van der Waals surface area contributed by atoms with Gasteiger partial charge in [-0.15, -0.1) is 0 Å². The summed E-state index contributed by atoms with van der Waals surface area (Å²) in [6.45, 7) is 5.93. The van der Waals surface area contributed by atoms with E-state index in [1.54, 1.807) is 11.8 Å². The number of likely N-dealkylation sites (N-methyl/N-ethyl adjacent to an activating group) is 1. The van der Waals surface area contributed by atoms with Crippen molar-refractivity contribution in [3.05, 3.63) is 30.3 Å². The van der Waals surface area contributed by atoms with Crippen molar-refractivity contribution in [2.75, 3.05) is 36.5 Å². The van der Waals surface area contributed by atoms with Gasteiger partial charge in [0, 0.05) is 25.8 Å². The highest BCUT2D eigenvalue weighted by Crippen LogP contribution is 2.10. The number of carbonyl (C=O) groups excluding carboxylic acids is 1. The summed E-state index contributed by atoms with van der Waals surface area (Å²) in [6.07, 6.45) is 1.18. The molecule has 0 saturated heterocycles. The van der Waals surface area contributed by atoms with E-state index >= 15 is 0 Å². The average molecular weight is 294 g/mol. The Hall–Kier alpha value is -1.16. The fourth-order valence-electron chi connectivity index (χ4n) is 1.71. The Morgan fingerprint density at radius 1 is 1.30 bits per heavy atom. The highest BCUT2D eigenvalue weighted by atomic mass is 32.2. The highest BCUT2D eigenvalue weighted by Gasteiger charge is 2.03. The monoisotopic (exact) mass is 294 g/mol. The summed E-state index contributed by atoms with van der Waals surface area (Å²) < 4.78 is 0. The zero-order valence-corrected chi connectivity index (χ0v) is 13.6. The summed E-state index contributed by atoms with van der Waals surface area (Å²) >= 11 is 1.72. The van der Waals surface area contributed by atoms with Crippen LogP contribution in [0.5, 0.6) is 0 Å². The molecule has 0 bridgehead atoms. The van der Waals surface area contributed by atoms with E-state index < -0.39 is 0 Å². The molecule has 1 aromatic rings. The van der Waals surface area contributed by atoms with Gasteiger partial charge in [0.2, 0.25) is 5.91 Å². The molecule has 112 valence electrons. The van der Waals surface area contributed by atoms with Crippen molar-refractivity contribution in [3.63, 3.8) is 0 Å². The summed E-state index contributed by atoms with van der Waals surface area (Å²) in [5.74, 6) is 2.49. The van der Waals surface area contributed by atoms with Crippen LogP contribution in [-0.4, -0.2) is 37.6 Å². The van der Waals surface area contributed by atoms with Crippen LogP contribution in [0.25, 0.3) is 0 Å². The lowest BCUT2D eigenvalue weighted by atomic mass is 10.2. The third-order valence-electron chi connectivity index (χ3n) is 3.04. The van der Waals surface area contributed by atoms with Gasteiger partial charge in [-0.2, -0.15) is 11.8 Å². The van der Waals surface area contributed by atoms with Gasteiger partial charge in [-0.05, 0) is 30.2 Å². The number of nitrogens with one attached hydrogen (secondary N) is 1. The number of nitrogens with zero attached hydrogens (tertiary/aromatic N) is 1. The van der Waals surface area contributed by atoms with E-state index in [4.69, 9.17) is 0 Å². The Kier molecular flexibility index (Phi) is 8.19. The van der Waals surface area contributed by atoms with E-state index in [0.29, 0.717) is 18.2 Å². The van der Waals surface area contributed by atoms with Crippen LogP contribution < -0.4 is 10.2 Å². The fourth-order valence-corrected chi connectivity index (χ4v) is 2.78. The van der Waals surface area contributed by atoms with E-state index in [0.717, 1.165) is 12.3 Å². The van der Waals surface area contributed by atoms with Crippen LogP contribution in [-0.2, 0) is 4.79 Å². The van der Waals surface area contributed by atoms with Crippen molar-refractivity contribution >= 4 is 23.4 Å². The lowest BCUT2D eigenvalue weighted by Crippen LogP contribution is -2.33. The third kappa shape index (κ3) is 7.43. The topological polar surface area (TPSA) is 32.3 Å². The number of hydrogen-bond donors (Lipinski definition) is 1. The molecular formula is C16H26N2OS. The molecule has 0 fully saturated rings. The maximum Gasteiger partial charge on any atom is 0.230 e. The summed E-state index contributed by atoms with van der Waals surface area (Å²) in [6, 6.07) is 10.2. The Morgan fingerprint density at radius 2 is 2.00 bits per heavy atom. The number of thioether (sulfide) groups is 1. The number of anilines is 1. The predicted octanol–water partition coefficient (Wildman–Crippen LogP) is 3.02. The summed E-state index contributed by atoms with van der Waals surface area (Å²) in [7, 11) is 2.04. The Labute approximate surface area is 127 Å². The quantitative estimate of drug-likeness (QED) is 0.711. The first-order chi connectivity index (χ1) is 9.59. The van der Waals surface area contributed by atoms with Gasteiger partial charge in [0.1, 0.15) is 0 Å². The second-order valence-electron chi connectivity index (χ2n) is 5.34. The maximum absolute atomic E-state index is 11.7. The van der Waals surface area contributed by atoms with Gasteiger partial charge >= 0.3 is 0 Å². The smallest absolute Gasteiger partial charge is 0.230 e. The summed E-state index contributed by atoms with van der Waals surface area (Å²) in [5, 5.41) is 2.97. The molecule has 0 aliphatic heterocycles. The number of hydrogen-bond acceptors (Lipinski definition) is 3. The van der Waals surface area contributed by atoms with Crippen LogP contribution in [0.4, 0.5) is 5.69 Å². The number of carbonyl (C=O) groups is 1. The molecule has 0 saturated carbocycles. The van der Waals surface area contributed by atoms with Crippen LogP contribution in [0.1, 0.15) is 20.3 Å². The summed E-state index contributed by atoms with van der Waals surface area (Å²) in [4.78, 5) is 13.8. The van der Waals surface area contributed by atoms with Crippen LogP contribution in [0.15, 0.2) is 30.3 Å². The Morgan fingerprint density at radius 3 is 2.65 bits per heavy atom. The summed E-state index contributed by atoms with van der Waals surface area (Å²) in [5.41, 5.74) is 1.17. The predicted molar refractivity (Wildman–Crippen MR) is 89.5 cm³/mol. The molecule has 3 nitrogen and oxygen atoms in total. The molecule has 20 heavy (non-hydrogen) atoms. The van der Waals surface area contributed by atoms with Gasteiger partial charge < -0.3 is 10.2 Å². The molecule has 1 aromatic carbocycles. The molecule has 0 aromatic heterocycles. The average Bonchev–Trinajstić information content (AvgIpc) is 2.44. The van der Waals surface area contributed by atoms with E-state index in [1.165, 1.54) is 12.1 Å². The van der Waals surface area contributed by atoms with Crippen molar-refractivity contribution < 1.29 is 4.79 Å². The zero-order valence-electron chi connectivity index (χ0n) is 12.8. The van der Waals surface area contributed by atoms with Gasteiger partial charge in [-0.1, -0.05) is 32.0 Å². The first-order valence-electron chi connectivity index (χ1n) is 7.20. The van der Waals surface area contributed by atoms with E-state index in [-0.39, 0.29) is 5.91 Å². The van der Waals surface area contributed by atoms with Crippen molar-refractivity contribution in [1.82, 2.24) is 5.32 Å². The normalized spacial score (nSPS) is 10.6. The third-order valence-corrected chi connectivity index (χ3v) is 4.03. The van der Waals surface area contributed by atoms with E-state index in [1.807, 2.05) is 25.2 Å². The molecule has 0 aliphatic rings. The first-order valence-corrected chi connectivity index (χ1v) is 8.35. The molecular weight excluding hydrogens is 268 g/mol. The molecule has 1 rings (SSSR count). The van der Waals surface area contributed by atoms with E-state index in [9.17, 15) is 4.79 Å². The zero-order chi connectivity index (χ0) is 14.8. The number of amides is 1. The van der Waals surface area contributed by atoms with Crippen LogP contribution in [0.3, 0.4) is 0 Å². The first kappa shape index (κ1) is 16.9. The lowest BCUT2D eigenvalue weighted by Gasteiger charge is -2.19. The molecule has 4 heteroatoms. The number of para-hydroxylation sites is 1. The molecule has 0 atom stereocenters. The standard InChI is InChI=1S/C16H26N2OS/c1-14(2)9-12-20-13-16(19)17-10-11-18(3)15-7-5-4-6-8-15/h4-8,14H,9-13H2,1-3H3,(H,17,19). The second-order valence-corrected chi connectivity index (χ2v) is 6.45. The Bertz CT molecular complexity index is 381. The van der Waals surface area contributed by atoms with Gasteiger partial charge in [0.25, 0.3) is 0 Å². The largest absolute Gasteiger partial charge is 0.373 e. The molecule has 0 spiro atoms. The molecule has 1 N–H and O–H groups in total. The van der Waals surface area contributed by atoms with Gasteiger partial charge in [-0.25, -0.2) is 0 Å². The minimum atomic E-state index is 0.139. The molecule has 0 unspecified atom stereocenters. The Balaban J connectivity index is 2.10. The van der Waals surface area contributed by atoms with Crippen molar-refractivity contribution in [2.24, 2.45) is 5.92 Å². The number of rotatable bonds is 9. The van der Waals surface area contributed by atoms with Gasteiger partial charge in [0.15, 0.2) is 0 Å². The minimum Gasteiger partial charge on any atom is -0.373 e. The van der Waals surface area contributed by atoms with E-state index in [2.05, 4.69) is 36.2 Å². The lowest BCUT2D eigenvalue weighted by molar-refractivity contribution is -0.118. The second kappa shape index (κ2) is 9.70. The van der Waals surface area contributed by atoms with Crippen molar-refractivity contribution in [1.29, 1.82) is 0 Å². The van der Waals surface area contributed by atoms with Gasteiger partial charge in [-0.3, -0.25) is 4.79 Å². The van der Waals surface area contributed by atoms with Crippen molar-refractivity contribution in [3.8, 4) is 0 Å². The fraction of sp³-hybridized carbons (Fsp3) is 0.562.